The zero-order valence-electron chi connectivity index (χ0n) is 14.8. The fourth-order valence-electron chi connectivity index (χ4n) is 2.57. The number of anilines is 2. The first-order valence-electron chi connectivity index (χ1n) is 8.75. The Morgan fingerprint density at radius 2 is 2.08 bits per heavy atom. The number of pyridine rings is 1. The first-order chi connectivity index (χ1) is 12.7. The van der Waals surface area contributed by atoms with Crippen molar-refractivity contribution in [2.75, 3.05) is 11.9 Å². The van der Waals surface area contributed by atoms with Gasteiger partial charge in [-0.15, -0.1) is 0 Å². The lowest BCUT2D eigenvalue weighted by molar-refractivity contribution is -0.198. The maximum absolute atomic E-state index is 11.8. The van der Waals surface area contributed by atoms with Crippen LogP contribution >= 0.6 is 0 Å². The summed E-state index contributed by atoms with van der Waals surface area (Å²) in [6.45, 7) is 2.63. The van der Waals surface area contributed by atoms with Crippen molar-refractivity contribution in [3.63, 3.8) is 0 Å². The molecule has 1 aromatic carbocycles. The van der Waals surface area contributed by atoms with E-state index in [1.54, 1.807) is 6.08 Å². The van der Waals surface area contributed by atoms with E-state index in [9.17, 15) is 4.79 Å². The van der Waals surface area contributed by atoms with E-state index in [-0.39, 0.29) is 12.2 Å². The monoisotopic (exact) mass is 353 g/mol. The molecule has 136 valence electrons. The Morgan fingerprint density at radius 3 is 2.81 bits per heavy atom. The minimum absolute atomic E-state index is 0.315. The third kappa shape index (κ3) is 5.68. The number of hydrogen-bond acceptors (Lipinski definition) is 5. The van der Waals surface area contributed by atoms with Gasteiger partial charge in [0.05, 0.1) is 0 Å². The topological polar surface area (TPSA) is 72.5 Å². The molecule has 6 heteroatoms. The second-order valence-electron chi connectivity index (χ2n) is 6.12. The van der Waals surface area contributed by atoms with Crippen molar-refractivity contribution in [2.24, 2.45) is 0 Å². The number of nitrogens with zero attached hydrogens (tertiary/aromatic N) is 1. The maximum Gasteiger partial charge on any atom is 0.267 e. The van der Waals surface area contributed by atoms with E-state index < -0.39 is 0 Å². The Balaban J connectivity index is 1.48. The Kier molecular flexibility index (Phi) is 6.35. The normalized spacial score (nSPS) is 17.2. The number of aromatic nitrogens is 1. The Hall–Kier alpha value is -2.70. The van der Waals surface area contributed by atoms with Gasteiger partial charge in [0, 0.05) is 30.5 Å². The summed E-state index contributed by atoms with van der Waals surface area (Å²) in [5.74, 6) is 0.486. The predicted octanol–water partition coefficient (Wildman–Crippen LogP) is 3.72. The van der Waals surface area contributed by atoms with Crippen molar-refractivity contribution in [1.82, 2.24) is 10.5 Å². The first kappa shape index (κ1) is 18.1. The van der Waals surface area contributed by atoms with Crippen LogP contribution in [0.15, 0.2) is 48.5 Å². The molecule has 1 fully saturated rings. The van der Waals surface area contributed by atoms with Crippen LogP contribution in [-0.4, -0.2) is 23.8 Å². The van der Waals surface area contributed by atoms with Crippen molar-refractivity contribution in [3.8, 4) is 0 Å². The van der Waals surface area contributed by atoms with Crippen LogP contribution in [0, 0.1) is 6.92 Å². The van der Waals surface area contributed by atoms with Crippen molar-refractivity contribution in [1.29, 1.82) is 0 Å². The zero-order valence-corrected chi connectivity index (χ0v) is 14.8. The minimum atomic E-state index is -0.346. The van der Waals surface area contributed by atoms with Crippen LogP contribution in [0.2, 0.25) is 0 Å². The van der Waals surface area contributed by atoms with Gasteiger partial charge in [0.25, 0.3) is 5.91 Å². The van der Waals surface area contributed by atoms with Crippen LogP contribution in [0.5, 0.6) is 0 Å². The van der Waals surface area contributed by atoms with Gasteiger partial charge in [0.1, 0.15) is 5.82 Å². The third-order valence-electron chi connectivity index (χ3n) is 3.93. The average molecular weight is 353 g/mol. The highest BCUT2D eigenvalue weighted by Crippen LogP contribution is 2.16. The van der Waals surface area contributed by atoms with Crippen LogP contribution in [0.3, 0.4) is 0 Å². The molecule has 1 aromatic heterocycles. The molecule has 6 nitrogen and oxygen atoms in total. The molecule has 2 heterocycles. The van der Waals surface area contributed by atoms with Crippen molar-refractivity contribution < 1.29 is 14.4 Å². The summed E-state index contributed by atoms with van der Waals surface area (Å²) < 4.78 is 5.39. The lowest BCUT2D eigenvalue weighted by Gasteiger charge is -2.21. The van der Waals surface area contributed by atoms with Gasteiger partial charge in [-0.3, -0.25) is 4.79 Å². The summed E-state index contributed by atoms with van der Waals surface area (Å²) in [5, 5.41) is 3.25. The van der Waals surface area contributed by atoms with E-state index in [1.807, 2.05) is 49.4 Å². The number of carbonyl (C=O) groups is 1. The van der Waals surface area contributed by atoms with Gasteiger partial charge in [0.2, 0.25) is 0 Å². The second-order valence-corrected chi connectivity index (χ2v) is 6.12. The number of nitrogens with one attached hydrogen (secondary N) is 2. The molecule has 3 rings (SSSR count). The molecule has 0 radical (unpaired) electrons. The molecular weight excluding hydrogens is 330 g/mol. The van der Waals surface area contributed by atoms with Crippen LogP contribution in [-0.2, 0) is 14.4 Å². The lowest BCUT2D eigenvalue weighted by Crippen LogP contribution is -2.32. The van der Waals surface area contributed by atoms with Crippen LogP contribution in [0.1, 0.15) is 30.5 Å². The van der Waals surface area contributed by atoms with Gasteiger partial charge >= 0.3 is 0 Å². The Morgan fingerprint density at radius 1 is 1.23 bits per heavy atom. The molecule has 0 saturated carbocycles. The molecule has 1 aliphatic heterocycles. The molecule has 1 saturated heterocycles. The number of aryl methyl sites for hydroxylation is 1. The molecular formula is C20H23N3O3. The smallest absolute Gasteiger partial charge is 0.267 e. The van der Waals surface area contributed by atoms with Gasteiger partial charge in [-0.05, 0) is 55.7 Å². The largest absolute Gasteiger partial charge is 0.350 e. The number of amides is 1. The first-order valence-corrected chi connectivity index (χ1v) is 8.75. The number of benzene rings is 1. The fourth-order valence-corrected chi connectivity index (χ4v) is 2.57. The molecule has 0 aliphatic carbocycles. The van der Waals surface area contributed by atoms with E-state index >= 15 is 0 Å². The summed E-state index contributed by atoms with van der Waals surface area (Å²) >= 11 is 0. The minimum Gasteiger partial charge on any atom is -0.350 e. The number of ether oxygens (including phenoxy) is 1. The zero-order chi connectivity index (χ0) is 18.2. The standard InChI is InChI=1S/C20H23N3O3/c1-15-5-4-6-18(21-15)22-17-11-8-16(9-12-17)10-13-19(24)23-26-20-7-2-3-14-25-20/h4-6,8-13,20H,2-3,7,14H2,1H3,(H,21,22)(H,23,24). The summed E-state index contributed by atoms with van der Waals surface area (Å²) in [5.41, 5.74) is 5.21. The SMILES string of the molecule is Cc1cccc(Nc2ccc(C=CC(=O)NOC3CCCCO3)cc2)n1. The van der Waals surface area contributed by atoms with Crippen LogP contribution < -0.4 is 10.8 Å². The summed E-state index contributed by atoms with van der Waals surface area (Å²) in [6, 6.07) is 13.6. The number of hydroxylamine groups is 1. The molecule has 2 N–H and O–H groups in total. The van der Waals surface area contributed by atoms with Gasteiger partial charge in [-0.1, -0.05) is 18.2 Å². The molecule has 1 unspecified atom stereocenters. The number of carbonyl (C=O) groups excluding carboxylic acids is 1. The molecule has 26 heavy (non-hydrogen) atoms. The molecule has 1 atom stereocenters. The highest BCUT2D eigenvalue weighted by Gasteiger charge is 2.14. The summed E-state index contributed by atoms with van der Waals surface area (Å²) in [7, 11) is 0. The Labute approximate surface area is 153 Å². The Bertz CT molecular complexity index is 753. The van der Waals surface area contributed by atoms with Crippen LogP contribution in [0.25, 0.3) is 6.08 Å². The summed E-state index contributed by atoms with van der Waals surface area (Å²) in [4.78, 5) is 21.4. The second kappa shape index (κ2) is 9.12. The van der Waals surface area contributed by atoms with Gasteiger partial charge < -0.3 is 10.1 Å². The molecule has 0 spiro atoms. The highest BCUT2D eigenvalue weighted by atomic mass is 16.8. The van der Waals surface area contributed by atoms with Gasteiger partial charge in [0.15, 0.2) is 6.29 Å². The number of hydrogen-bond donors (Lipinski definition) is 2. The van der Waals surface area contributed by atoms with Crippen LogP contribution in [0.4, 0.5) is 11.5 Å². The van der Waals surface area contributed by atoms with E-state index in [0.29, 0.717) is 6.61 Å². The van der Waals surface area contributed by atoms with Crippen molar-refractivity contribution >= 4 is 23.5 Å². The van der Waals surface area contributed by atoms with Gasteiger partial charge in [-0.25, -0.2) is 15.3 Å². The molecule has 2 aromatic rings. The van der Waals surface area contributed by atoms with E-state index in [1.165, 1.54) is 6.08 Å². The maximum atomic E-state index is 11.8. The molecule has 1 aliphatic rings. The summed E-state index contributed by atoms with van der Waals surface area (Å²) in [6.07, 6.45) is 5.71. The van der Waals surface area contributed by atoms with Gasteiger partial charge in [-0.2, -0.15) is 0 Å². The third-order valence-corrected chi connectivity index (χ3v) is 3.93. The van der Waals surface area contributed by atoms with E-state index in [2.05, 4.69) is 15.8 Å². The van der Waals surface area contributed by atoms with Crippen molar-refractivity contribution in [3.05, 3.63) is 59.8 Å². The predicted molar refractivity (Wildman–Crippen MR) is 101 cm³/mol. The van der Waals surface area contributed by atoms with E-state index in [0.717, 1.165) is 42.0 Å². The fraction of sp³-hybridized carbons (Fsp3) is 0.300. The average Bonchev–Trinajstić information content (AvgIpc) is 2.67. The van der Waals surface area contributed by atoms with Crippen molar-refractivity contribution in [2.45, 2.75) is 32.5 Å². The number of rotatable bonds is 6. The molecule has 1 amide bonds. The highest BCUT2D eigenvalue weighted by molar-refractivity contribution is 5.91. The van der Waals surface area contributed by atoms with E-state index in [4.69, 9.17) is 9.57 Å². The quantitative estimate of drug-likeness (QED) is 0.612. The molecule has 0 bridgehead atoms. The lowest BCUT2D eigenvalue weighted by atomic mass is 10.2.